The minimum absolute atomic E-state index is 0.121. The van der Waals surface area contributed by atoms with Gasteiger partial charge in [0.2, 0.25) is 5.95 Å². The number of imidazole rings is 1. The van der Waals surface area contributed by atoms with Crippen molar-refractivity contribution in [1.29, 1.82) is 0 Å². The molecule has 0 fully saturated rings. The number of aryl methyl sites for hydroxylation is 2. The molecule has 2 heterocycles. The third-order valence-electron chi connectivity index (χ3n) is 4.28. The fraction of sp³-hybridized carbons (Fsp3) is 0.294. The first kappa shape index (κ1) is 17.5. The van der Waals surface area contributed by atoms with Crippen molar-refractivity contribution in [2.24, 2.45) is 19.2 Å². The maximum atomic E-state index is 12.5. The van der Waals surface area contributed by atoms with E-state index in [1.807, 2.05) is 6.92 Å². The van der Waals surface area contributed by atoms with Gasteiger partial charge in [0.1, 0.15) is 5.75 Å². The molecule has 0 aliphatic carbocycles. The number of benzene rings is 1. The molecule has 0 amide bonds. The van der Waals surface area contributed by atoms with E-state index in [4.69, 9.17) is 0 Å². The standard InChI is InChI=1S/C17H20N6O3/c1-5-23-13-14(21(3)17(26)22(4)15(13)25)18-16(23)20-19-10(2)11-8-6-7-9-12(11)24/h6-9,24H,5H2,1-4H3,(H,18,20)/b19-10-. The Morgan fingerprint density at radius 3 is 2.58 bits per heavy atom. The van der Waals surface area contributed by atoms with Crippen LogP contribution in [0.15, 0.2) is 39.0 Å². The number of nitrogens with zero attached hydrogens (tertiary/aromatic N) is 5. The third kappa shape index (κ3) is 2.67. The zero-order valence-electron chi connectivity index (χ0n) is 15.0. The van der Waals surface area contributed by atoms with Crippen molar-refractivity contribution in [1.82, 2.24) is 18.7 Å². The number of nitrogens with one attached hydrogen (secondary N) is 1. The SMILES string of the molecule is CCn1c(N/N=C(/C)c2ccccc2O)nc2c1c(=O)n(C)c(=O)n2C. The number of rotatable bonds is 4. The second kappa shape index (κ2) is 6.51. The molecule has 0 unspecified atom stereocenters. The summed E-state index contributed by atoms with van der Waals surface area (Å²) < 4.78 is 4.04. The van der Waals surface area contributed by atoms with Gasteiger partial charge in [-0.2, -0.15) is 10.1 Å². The number of para-hydroxylation sites is 1. The van der Waals surface area contributed by atoms with E-state index in [1.165, 1.54) is 11.6 Å². The monoisotopic (exact) mass is 356 g/mol. The number of phenolic OH excluding ortho intramolecular Hbond substituents is 1. The van der Waals surface area contributed by atoms with Crippen molar-refractivity contribution in [3.05, 3.63) is 50.7 Å². The Hall–Kier alpha value is -3.36. The molecule has 0 bridgehead atoms. The van der Waals surface area contributed by atoms with Crippen molar-refractivity contribution in [3.63, 3.8) is 0 Å². The number of aromatic hydroxyl groups is 1. The summed E-state index contributed by atoms with van der Waals surface area (Å²) in [5.74, 6) is 0.464. The number of hydrazone groups is 1. The largest absolute Gasteiger partial charge is 0.507 e. The summed E-state index contributed by atoms with van der Waals surface area (Å²) >= 11 is 0. The van der Waals surface area contributed by atoms with Crippen molar-refractivity contribution >= 4 is 22.8 Å². The molecule has 0 atom stereocenters. The third-order valence-corrected chi connectivity index (χ3v) is 4.28. The van der Waals surface area contributed by atoms with Gasteiger partial charge in [0.25, 0.3) is 5.56 Å². The number of aromatic nitrogens is 4. The number of fused-ring (bicyclic) bond motifs is 1. The van der Waals surface area contributed by atoms with Crippen LogP contribution in [-0.2, 0) is 20.6 Å². The molecule has 2 N–H and O–H groups in total. The molecule has 0 radical (unpaired) electrons. The quantitative estimate of drug-likeness (QED) is 0.536. The van der Waals surface area contributed by atoms with Gasteiger partial charge in [-0.05, 0) is 26.0 Å². The number of phenols is 1. The van der Waals surface area contributed by atoms with Gasteiger partial charge in [0.15, 0.2) is 11.2 Å². The van der Waals surface area contributed by atoms with E-state index in [1.54, 1.807) is 42.8 Å². The minimum Gasteiger partial charge on any atom is -0.507 e. The molecule has 3 aromatic rings. The number of anilines is 1. The molecule has 1 aromatic carbocycles. The number of hydrogen-bond donors (Lipinski definition) is 2. The van der Waals surface area contributed by atoms with Crippen LogP contribution in [0, 0.1) is 0 Å². The molecule has 136 valence electrons. The summed E-state index contributed by atoms with van der Waals surface area (Å²) in [5, 5.41) is 14.2. The highest BCUT2D eigenvalue weighted by Gasteiger charge is 2.18. The predicted molar refractivity (Wildman–Crippen MR) is 99.8 cm³/mol. The first-order valence-corrected chi connectivity index (χ1v) is 8.11. The van der Waals surface area contributed by atoms with E-state index in [0.29, 0.717) is 29.3 Å². The van der Waals surface area contributed by atoms with Crippen molar-refractivity contribution < 1.29 is 5.11 Å². The molecular formula is C17H20N6O3. The molecule has 0 spiro atoms. The molecule has 0 aliphatic heterocycles. The van der Waals surface area contributed by atoms with Crippen molar-refractivity contribution in [2.45, 2.75) is 20.4 Å². The van der Waals surface area contributed by atoms with Crippen LogP contribution < -0.4 is 16.7 Å². The van der Waals surface area contributed by atoms with E-state index in [2.05, 4.69) is 15.5 Å². The highest BCUT2D eigenvalue weighted by Crippen LogP contribution is 2.18. The molecule has 9 nitrogen and oxygen atoms in total. The van der Waals surface area contributed by atoms with Crippen LogP contribution in [0.2, 0.25) is 0 Å². The van der Waals surface area contributed by atoms with E-state index < -0.39 is 11.2 Å². The van der Waals surface area contributed by atoms with Crippen LogP contribution in [0.3, 0.4) is 0 Å². The van der Waals surface area contributed by atoms with Crippen LogP contribution in [0.4, 0.5) is 5.95 Å². The van der Waals surface area contributed by atoms with Gasteiger partial charge >= 0.3 is 5.69 Å². The van der Waals surface area contributed by atoms with Gasteiger partial charge in [-0.3, -0.25) is 13.9 Å². The van der Waals surface area contributed by atoms with Crippen LogP contribution in [0.25, 0.3) is 11.2 Å². The fourth-order valence-electron chi connectivity index (χ4n) is 2.81. The summed E-state index contributed by atoms with van der Waals surface area (Å²) in [5.41, 5.74) is 3.75. The lowest BCUT2D eigenvalue weighted by Gasteiger charge is -2.07. The molecule has 26 heavy (non-hydrogen) atoms. The van der Waals surface area contributed by atoms with Gasteiger partial charge in [-0.25, -0.2) is 10.2 Å². The molecular weight excluding hydrogens is 336 g/mol. The maximum absolute atomic E-state index is 12.5. The summed E-state index contributed by atoms with van der Waals surface area (Å²) in [6, 6.07) is 6.86. The van der Waals surface area contributed by atoms with E-state index in [-0.39, 0.29) is 11.4 Å². The second-order valence-corrected chi connectivity index (χ2v) is 5.88. The highest BCUT2D eigenvalue weighted by atomic mass is 16.3. The van der Waals surface area contributed by atoms with Gasteiger partial charge in [-0.15, -0.1) is 0 Å². The predicted octanol–water partition coefficient (Wildman–Crippen LogP) is 0.995. The Labute approximate surface area is 148 Å². The fourth-order valence-corrected chi connectivity index (χ4v) is 2.81. The molecule has 0 aliphatic rings. The lowest BCUT2D eigenvalue weighted by Crippen LogP contribution is -2.37. The van der Waals surface area contributed by atoms with Crippen LogP contribution in [-0.4, -0.2) is 29.5 Å². The lowest BCUT2D eigenvalue weighted by molar-refractivity contribution is 0.474. The minimum atomic E-state index is -0.441. The van der Waals surface area contributed by atoms with Crippen molar-refractivity contribution in [2.75, 3.05) is 5.43 Å². The summed E-state index contributed by atoms with van der Waals surface area (Å²) in [6.45, 7) is 4.09. The van der Waals surface area contributed by atoms with E-state index in [0.717, 1.165) is 4.57 Å². The van der Waals surface area contributed by atoms with E-state index in [9.17, 15) is 14.7 Å². The molecule has 0 saturated carbocycles. The topological polar surface area (TPSA) is 106 Å². The zero-order chi connectivity index (χ0) is 19.0. The van der Waals surface area contributed by atoms with Crippen LogP contribution in [0.5, 0.6) is 5.75 Å². The van der Waals surface area contributed by atoms with Crippen molar-refractivity contribution in [3.8, 4) is 5.75 Å². The normalized spacial score (nSPS) is 11.9. The van der Waals surface area contributed by atoms with Gasteiger partial charge in [0.05, 0.1) is 5.71 Å². The maximum Gasteiger partial charge on any atom is 0.332 e. The van der Waals surface area contributed by atoms with Crippen LogP contribution >= 0.6 is 0 Å². The summed E-state index contributed by atoms with van der Waals surface area (Å²) in [7, 11) is 3.00. The first-order valence-electron chi connectivity index (χ1n) is 8.11. The smallest absolute Gasteiger partial charge is 0.332 e. The van der Waals surface area contributed by atoms with Gasteiger partial charge < -0.3 is 9.67 Å². The second-order valence-electron chi connectivity index (χ2n) is 5.88. The zero-order valence-corrected chi connectivity index (χ0v) is 15.0. The van der Waals surface area contributed by atoms with Gasteiger partial charge in [-0.1, -0.05) is 12.1 Å². The number of hydrogen-bond acceptors (Lipinski definition) is 6. The Balaban J connectivity index is 2.12. The Bertz CT molecular complexity index is 1140. The lowest BCUT2D eigenvalue weighted by atomic mass is 10.1. The van der Waals surface area contributed by atoms with Gasteiger partial charge in [0, 0.05) is 26.2 Å². The molecule has 0 saturated heterocycles. The molecule has 3 rings (SSSR count). The Morgan fingerprint density at radius 2 is 1.92 bits per heavy atom. The average molecular weight is 356 g/mol. The van der Waals surface area contributed by atoms with E-state index >= 15 is 0 Å². The van der Waals surface area contributed by atoms with Crippen LogP contribution in [0.1, 0.15) is 19.4 Å². The summed E-state index contributed by atoms with van der Waals surface area (Å²) in [4.78, 5) is 29.0. The molecule has 9 heteroatoms. The first-order chi connectivity index (χ1) is 12.4. The highest BCUT2D eigenvalue weighted by molar-refractivity contribution is 6.01. The molecule has 2 aromatic heterocycles. The summed E-state index contributed by atoms with van der Waals surface area (Å²) in [6.07, 6.45) is 0. The average Bonchev–Trinajstić information content (AvgIpc) is 3.01. The Kier molecular flexibility index (Phi) is 4.37. The Morgan fingerprint density at radius 1 is 1.23 bits per heavy atom.